The molecule has 162 valence electrons. The predicted molar refractivity (Wildman–Crippen MR) is 109 cm³/mol. The smallest absolute Gasteiger partial charge is 0.237 e. The summed E-state index contributed by atoms with van der Waals surface area (Å²) in [5.41, 5.74) is 1.64. The standard InChI is InChI=1S/C18H27N3O6S2/c1-20-17-9-13(11-22)6-7-15(17)16(12-29(20,26)27)19-18(23)10-14-5-3-4-8-21(14)28(2,24)25/h6-7,9,14,16,22H,3-5,8,10-12H2,1-2H3,(H,19,23). The molecule has 0 aliphatic carbocycles. The van der Waals surface area contributed by atoms with E-state index in [9.17, 15) is 26.7 Å². The lowest BCUT2D eigenvalue weighted by atomic mass is 10.00. The Morgan fingerprint density at radius 1 is 1.31 bits per heavy atom. The van der Waals surface area contributed by atoms with Gasteiger partial charge in [-0.3, -0.25) is 9.10 Å². The molecular formula is C18H27N3O6S2. The summed E-state index contributed by atoms with van der Waals surface area (Å²) in [7, 11) is -5.60. The molecule has 1 saturated heterocycles. The molecule has 11 heteroatoms. The predicted octanol–water partition coefficient (Wildman–Crippen LogP) is 0.320. The fraction of sp³-hybridized carbons (Fsp3) is 0.611. The van der Waals surface area contributed by atoms with Gasteiger partial charge in [-0.15, -0.1) is 0 Å². The van der Waals surface area contributed by atoms with Gasteiger partial charge in [0.15, 0.2) is 0 Å². The molecule has 1 aromatic carbocycles. The van der Waals surface area contributed by atoms with Gasteiger partial charge in [0.1, 0.15) is 0 Å². The van der Waals surface area contributed by atoms with Crippen LogP contribution in [0.4, 0.5) is 5.69 Å². The monoisotopic (exact) mass is 445 g/mol. The minimum atomic E-state index is -3.63. The van der Waals surface area contributed by atoms with Crippen LogP contribution in [-0.2, 0) is 31.4 Å². The van der Waals surface area contributed by atoms with Gasteiger partial charge >= 0.3 is 0 Å². The topological polar surface area (TPSA) is 124 Å². The minimum Gasteiger partial charge on any atom is -0.392 e. The number of hydrogen-bond acceptors (Lipinski definition) is 6. The number of aliphatic hydroxyl groups excluding tert-OH is 1. The van der Waals surface area contributed by atoms with E-state index in [0.29, 0.717) is 29.8 Å². The zero-order chi connectivity index (χ0) is 21.4. The number of piperidine rings is 1. The summed E-state index contributed by atoms with van der Waals surface area (Å²) in [4.78, 5) is 12.7. The molecule has 1 amide bonds. The SMILES string of the molecule is CN1c2cc(CO)ccc2C(NC(=O)CC2CCCCN2S(C)(=O)=O)CS1(=O)=O. The van der Waals surface area contributed by atoms with E-state index in [1.54, 1.807) is 18.2 Å². The van der Waals surface area contributed by atoms with Crippen molar-refractivity contribution in [3.8, 4) is 0 Å². The highest BCUT2D eigenvalue weighted by Gasteiger charge is 2.36. The van der Waals surface area contributed by atoms with E-state index in [1.807, 2.05) is 0 Å². The van der Waals surface area contributed by atoms with Crippen LogP contribution in [0.2, 0.25) is 0 Å². The molecule has 0 radical (unpaired) electrons. The Hall–Kier alpha value is -1.69. The maximum absolute atomic E-state index is 12.7. The maximum atomic E-state index is 12.7. The number of carbonyl (C=O) groups is 1. The van der Waals surface area contributed by atoms with Crippen LogP contribution in [-0.4, -0.2) is 63.8 Å². The number of rotatable bonds is 5. The molecule has 2 aliphatic heterocycles. The molecule has 1 aromatic rings. The van der Waals surface area contributed by atoms with Crippen molar-refractivity contribution in [2.75, 3.05) is 29.9 Å². The van der Waals surface area contributed by atoms with E-state index in [2.05, 4.69) is 5.32 Å². The minimum absolute atomic E-state index is 0.0104. The summed E-state index contributed by atoms with van der Waals surface area (Å²) in [6.45, 7) is 0.174. The number of aliphatic hydroxyl groups is 1. The summed E-state index contributed by atoms with van der Waals surface area (Å²) >= 11 is 0. The van der Waals surface area contributed by atoms with Crippen molar-refractivity contribution in [3.63, 3.8) is 0 Å². The molecule has 2 aliphatic rings. The number of anilines is 1. The molecule has 2 N–H and O–H groups in total. The molecule has 3 rings (SSSR count). The van der Waals surface area contributed by atoms with E-state index in [1.165, 1.54) is 11.4 Å². The second-order valence-corrected chi connectivity index (χ2v) is 11.6. The van der Waals surface area contributed by atoms with Gasteiger partial charge in [0.2, 0.25) is 26.0 Å². The third-order valence-corrected chi connectivity index (χ3v) is 8.66. The number of hydrogen-bond donors (Lipinski definition) is 2. The Balaban J connectivity index is 1.81. The third kappa shape index (κ3) is 4.73. The number of benzene rings is 1. The Labute approximate surface area is 171 Å². The van der Waals surface area contributed by atoms with E-state index >= 15 is 0 Å². The van der Waals surface area contributed by atoms with Crippen molar-refractivity contribution < 1.29 is 26.7 Å². The fourth-order valence-corrected chi connectivity index (χ4v) is 6.57. The van der Waals surface area contributed by atoms with Gasteiger partial charge < -0.3 is 10.4 Å². The lowest BCUT2D eigenvalue weighted by Gasteiger charge is -2.35. The van der Waals surface area contributed by atoms with Crippen LogP contribution in [0.15, 0.2) is 18.2 Å². The molecule has 0 bridgehead atoms. The zero-order valence-corrected chi connectivity index (χ0v) is 18.2. The molecule has 0 aromatic heterocycles. The molecule has 2 atom stereocenters. The number of amides is 1. The van der Waals surface area contributed by atoms with Gasteiger partial charge in [-0.2, -0.15) is 4.31 Å². The van der Waals surface area contributed by atoms with Gasteiger partial charge in [-0.05, 0) is 30.0 Å². The van der Waals surface area contributed by atoms with Crippen molar-refractivity contribution in [1.82, 2.24) is 9.62 Å². The highest BCUT2D eigenvalue weighted by molar-refractivity contribution is 7.92. The van der Waals surface area contributed by atoms with Gasteiger partial charge in [0.05, 0.1) is 30.3 Å². The van der Waals surface area contributed by atoms with Gasteiger partial charge in [-0.25, -0.2) is 16.8 Å². The molecule has 2 unspecified atom stereocenters. The van der Waals surface area contributed by atoms with Crippen molar-refractivity contribution in [3.05, 3.63) is 29.3 Å². The summed E-state index contributed by atoms with van der Waals surface area (Å²) < 4.78 is 51.6. The average molecular weight is 446 g/mol. The van der Waals surface area contributed by atoms with Crippen molar-refractivity contribution in [2.45, 2.75) is 44.4 Å². The van der Waals surface area contributed by atoms with E-state index in [0.717, 1.165) is 23.4 Å². The highest BCUT2D eigenvalue weighted by atomic mass is 32.2. The molecule has 1 fully saturated rings. The van der Waals surface area contributed by atoms with E-state index < -0.39 is 32.1 Å². The number of nitrogens with one attached hydrogen (secondary N) is 1. The van der Waals surface area contributed by atoms with Gasteiger partial charge in [-0.1, -0.05) is 18.6 Å². The molecule has 29 heavy (non-hydrogen) atoms. The van der Waals surface area contributed by atoms with Crippen LogP contribution in [0.5, 0.6) is 0 Å². The van der Waals surface area contributed by atoms with Gasteiger partial charge in [0.25, 0.3) is 0 Å². The Kier molecular flexibility index (Phi) is 6.23. The second kappa shape index (κ2) is 8.21. The van der Waals surface area contributed by atoms with E-state index in [-0.39, 0.29) is 24.7 Å². The maximum Gasteiger partial charge on any atom is 0.237 e. The first kappa shape index (κ1) is 22.0. The van der Waals surface area contributed by atoms with Crippen molar-refractivity contribution in [2.24, 2.45) is 0 Å². The summed E-state index contributed by atoms with van der Waals surface area (Å²) in [6, 6.07) is 3.84. The highest BCUT2D eigenvalue weighted by Crippen LogP contribution is 2.35. The Morgan fingerprint density at radius 3 is 2.69 bits per heavy atom. The van der Waals surface area contributed by atoms with Crippen LogP contribution in [0.1, 0.15) is 42.9 Å². The normalized spacial score (nSPS) is 24.7. The molecular weight excluding hydrogens is 418 g/mol. The molecule has 2 heterocycles. The van der Waals surface area contributed by atoms with E-state index in [4.69, 9.17) is 0 Å². The number of nitrogens with zero attached hydrogens (tertiary/aromatic N) is 2. The largest absolute Gasteiger partial charge is 0.392 e. The summed E-state index contributed by atoms with van der Waals surface area (Å²) in [5.74, 6) is -0.659. The first-order chi connectivity index (χ1) is 13.5. The molecule has 9 nitrogen and oxygen atoms in total. The quantitative estimate of drug-likeness (QED) is 0.673. The van der Waals surface area contributed by atoms with Crippen molar-refractivity contribution >= 4 is 31.6 Å². The summed E-state index contributed by atoms with van der Waals surface area (Å²) in [6.07, 6.45) is 3.34. The van der Waals surface area contributed by atoms with Crippen LogP contribution < -0.4 is 9.62 Å². The Morgan fingerprint density at radius 2 is 2.03 bits per heavy atom. The number of carbonyl (C=O) groups excluding carboxylic acids is 1. The molecule has 0 spiro atoms. The van der Waals surface area contributed by atoms with Crippen LogP contribution in [0.25, 0.3) is 0 Å². The lowest BCUT2D eigenvalue weighted by molar-refractivity contribution is -0.122. The third-order valence-electron chi connectivity index (χ3n) is 5.54. The number of fused-ring (bicyclic) bond motifs is 1. The van der Waals surface area contributed by atoms with Crippen LogP contribution in [0.3, 0.4) is 0 Å². The number of sulfonamides is 2. The molecule has 0 saturated carbocycles. The first-order valence-electron chi connectivity index (χ1n) is 9.49. The van der Waals surface area contributed by atoms with Crippen LogP contribution in [0, 0.1) is 0 Å². The van der Waals surface area contributed by atoms with Crippen LogP contribution >= 0.6 is 0 Å². The zero-order valence-electron chi connectivity index (χ0n) is 16.5. The van der Waals surface area contributed by atoms with Gasteiger partial charge in [0, 0.05) is 26.1 Å². The Bertz CT molecular complexity index is 993. The first-order valence-corrected chi connectivity index (χ1v) is 12.9. The second-order valence-electron chi connectivity index (χ2n) is 7.64. The fourth-order valence-electron chi connectivity index (χ4n) is 4.02. The lowest BCUT2D eigenvalue weighted by Crippen LogP contribution is -2.47. The summed E-state index contributed by atoms with van der Waals surface area (Å²) in [5, 5.41) is 12.1. The average Bonchev–Trinajstić information content (AvgIpc) is 2.65. The van der Waals surface area contributed by atoms with Crippen molar-refractivity contribution in [1.29, 1.82) is 0 Å².